The van der Waals surface area contributed by atoms with Gasteiger partial charge in [0.2, 0.25) is 11.8 Å². The van der Waals surface area contributed by atoms with Gasteiger partial charge in [-0.05, 0) is 26.8 Å². The van der Waals surface area contributed by atoms with Gasteiger partial charge in [-0.2, -0.15) is 0 Å². The fourth-order valence-electron chi connectivity index (χ4n) is 3.71. The topological polar surface area (TPSA) is 126 Å². The van der Waals surface area contributed by atoms with E-state index in [2.05, 4.69) is 5.32 Å². The third-order valence-electron chi connectivity index (χ3n) is 4.80. The first kappa shape index (κ1) is 21.4. The highest BCUT2D eigenvalue weighted by Gasteiger charge is 2.61. The van der Waals surface area contributed by atoms with Crippen molar-refractivity contribution in [3.05, 3.63) is 52.6 Å². The van der Waals surface area contributed by atoms with Crippen LogP contribution in [0.5, 0.6) is 0 Å². The number of carbonyl (C=O) groups excluding carboxylic acids is 3. The third kappa shape index (κ3) is 3.30. The molecule has 1 amide bonds. The van der Waals surface area contributed by atoms with Crippen LogP contribution in [0.25, 0.3) is 0 Å². The van der Waals surface area contributed by atoms with Gasteiger partial charge in [-0.15, -0.1) is 0 Å². The van der Waals surface area contributed by atoms with Gasteiger partial charge < -0.3 is 30.0 Å². The summed E-state index contributed by atoms with van der Waals surface area (Å²) in [7, 11) is 1.47. The van der Waals surface area contributed by atoms with Crippen molar-refractivity contribution in [1.29, 1.82) is 0 Å². The molecule has 3 rings (SSSR count). The zero-order chi connectivity index (χ0) is 22.1. The Morgan fingerprint density at radius 3 is 2.53 bits per heavy atom. The first-order valence-corrected chi connectivity index (χ1v) is 9.42. The highest BCUT2D eigenvalue weighted by Crippen LogP contribution is 2.52. The smallest absolute Gasteiger partial charge is 0.341 e. The molecule has 30 heavy (non-hydrogen) atoms. The number of fused-ring (bicyclic) bond motifs is 2. The number of amides is 1. The predicted molar refractivity (Wildman–Crippen MR) is 106 cm³/mol. The summed E-state index contributed by atoms with van der Waals surface area (Å²) in [5.74, 6) is -2.55. The average molecular weight is 416 g/mol. The van der Waals surface area contributed by atoms with Crippen LogP contribution in [0.4, 0.5) is 5.69 Å². The number of para-hydroxylation sites is 1. The van der Waals surface area contributed by atoms with Gasteiger partial charge in [0.1, 0.15) is 28.9 Å². The van der Waals surface area contributed by atoms with Crippen molar-refractivity contribution in [2.75, 3.05) is 25.6 Å². The molecule has 0 aliphatic carbocycles. The van der Waals surface area contributed by atoms with Gasteiger partial charge in [0, 0.05) is 18.4 Å². The van der Waals surface area contributed by atoms with Crippen LogP contribution in [-0.2, 0) is 38.7 Å². The van der Waals surface area contributed by atoms with Gasteiger partial charge in [0.15, 0.2) is 0 Å². The summed E-state index contributed by atoms with van der Waals surface area (Å²) < 4.78 is 21.1. The van der Waals surface area contributed by atoms with E-state index in [1.54, 1.807) is 38.1 Å². The number of carbonyl (C=O) groups is 3. The number of methoxy groups -OCH3 is 1. The second-order valence-corrected chi connectivity index (χ2v) is 7.10. The Morgan fingerprint density at radius 1 is 1.17 bits per heavy atom. The van der Waals surface area contributed by atoms with Gasteiger partial charge in [0.05, 0.1) is 12.7 Å². The van der Waals surface area contributed by atoms with Crippen molar-refractivity contribution in [2.45, 2.75) is 32.3 Å². The molecule has 0 unspecified atom stereocenters. The molecule has 2 aliphatic heterocycles. The standard InChI is InChI=1S/C21H24N2O7/c1-11(2)29-19(25)16-17(22)30-12(3)15(18(24)28-10-9-27-4)21(16)13-7-5-6-8-14(13)23-20(21)26/h5-8,11H,9-10,22H2,1-4H3,(H,23,26)/t21-/m1/s1. The number of nitrogens with one attached hydrogen (secondary N) is 1. The molecule has 0 saturated heterocycles. The second kappa shape index (κ2) is 8.19. The maximum absolute atomic E-state index is 13.4. The summed E-state index contributed by atoms with van der Waals surface area (Å²) in [4.78, 5) is 39.6. The lowest BCUT2D eigenvalue weighted by Crippen LogP contribution is -2.48. The minimum absolute atomic E-state index is 0.0452. The van der Waals surface area contributed by atoms with Gasteiger partial charge >= 0.3 is 11.9 Å². The molecule has 9 nitrogen and oxygen atoms in total. The van der Waals surface area contributed by atoms with Crippen molar-refractivity contribution in [3.8, 4) is 0 Å². The van der Waals surface area contributed by atoms with Gasteiger partial charge in [-0.25, -0.2) is 9.59 Å². The molecule has 0 aromatic heterocycles. The van der Waals surface area contributed by atoms with E-state index in [-0.39, 0.29) is 36.0 Å². The van der Waals surface area contributed by atoms with Crippen molar-refractivity contribution < 1.29 is 33.3 Å². The lowest BCUT2D eigenvalue weighted by atomic mass is 9.67. The molecule has 9 heteroatoms. The molecule has 2 aliphatic rings. The quantitative estimate of drug-likeness (QED) is 0.528. The molecule has 1 aromatic carbocycles. The molecule has 1 atom stereocenters. The molecule has 1 aromatic rings. The number of nitrogens with two attached hydrogens (primary N) is 1. The Bertz CT molecular complexity index is 964. The largest absolute Gasteiger partial charge is 0.460 e. The van der Waals surface area contributed by atoms with Crippen LogP contribution < -0.4 is 11.1 Å². The summed E-state index contributed by atoms with van der Waals surface area (Å²) in [5.41, 5.74) is 4.65. The first-order valence-electron chi connectivity index (χ1n) is 9.42. The van der Waals surface area contributed by atoms with E-state index >= 15 is 0 Å². The van der Waals surface area contributed by atoms with Crippen LogP contribution in [0.15, 0.2) is 47.1 Å². The van der Waals surface area contributed by atoms with E-state index in [4.69, 9.17) is 24.7 Å². The Kier molecular flexibility index (Phi) is 5.84. The highest BCUT2D eigenvalue weighted by atomic mass is 16.6. The van der Waals surface area contributed by atoms with E-state index in [0.717, 1.165) is 0 Å². The maximum Gasteiger partial charge on any atom is 0.341 e. The predicted octanol–water partition coefficient (Wildman–Crippen LogP) is 1.49. The summed E-state index contributed by atoms with van der Waals surface area (Å²) in [6.07, 6.45) is -0.487. The minimum Gasteiger partial charge on any atom is -0.460 e. The molecule has 1 spiro atoms. The Morgan fingerprint density at radius 2 is 1.87 bits per heavy atom. The Hall–Kier alpha value is -3.33. The average Bonchev–Trinajstić information content (AvgIpc) is 2.93. The molecular formula is C21H24N2O7. The molecular weight excluding hydrogens is 392 g/mol. The number of ether oxygens (including phenoxy) is 4. The summed E-state index contributed by atoms with van der Waals surface area (Å²) in [5, 5.41) is 2.73. The van der Waals surface area contributed by atoms with Gasteiger partial charge in [-0.3, -0.25) is 4.79 Å². The molecule has 2 heterocycles. The van der Waals surface area contributed by atoms with Crippen molar-refractivity contribution >= 4 is 23.5 Å². The first-order chi connectivity index (χ1) is 14.2. The van der Waals surface area contributed by atoms with Crippen LogP contribution >= 0.6 is 0 Å². The maximum atomic E-state index is 13.4. The number of hydrogen-bond acceptors (Lipinski definition) is 8. The lowest BCUT2D eigenvalue weighted by Gasteiger charge is -2.35. The van der Waals surface area contributed by atoms with Crippen molar-refractivity contribution in [1.82, 2.24) is 0 Å². The molecule has 0 radical (unpaired) electrons. The number of benzene rings is 1. The van der Waals surface area contributed by atoms with Crippen LogP contribution in [0.3, 0.4) is 0 Å². The molecule has 160 valence electrons. The van der Waals surface area contributed by atoms with E-state index < -0.39 is 29.4 Å². The SMILES string of the molecule is COCCOC(=O)C1=C(C)OC(N)=C(C(=O)OC(C)C)[C@]12C(=O)Nc1ccccc12. The fraction of sp³-hybridized carbons (Fsp3) is 0.381. The minimum atomic E-state index is -1.86. The third-order valence-corrected chi connectivity index (χ3v) is 4.80. The van der Waals surface area contributed by atoms with Gasteiger partial charge in [0.25, 0.3) is 0 Å². The van der Waals surface area contributed by atoms with Crippen LogP contribution in [0.1, 0.15) is 26.3 Å². The van der Waals surface area contributed by atoms with E-state index in [0.29, 0.717) is 11.3 Å². The molecule has 3 N–H and O–H groups in total. The Labute approximate surface area is 173 Å². The van der Waals surface area contributed by atoms with E-state index in [9.17, 15) is 14.4 Å². The zero-order valence-corrected chi connectivity index (χ0v) is 17.2. The number of esters is 2. The second-order valence-electron chi connectivity index (χ2n) is 7.10. The molecule has 0 fully saturated rings. The Balaban J connectivity index is 2.25. The normalized spacial score (nSPS) is 20.2. The van der Waals surface area contributed by atoms with Crippen LogP contribution in [-0.4, -0.2) is 44.3 Å². The summed E-state index contributed by atoms with van der Waals surface area (Å²) in [6, 6.07) is 6.73. The number of anilines is 1. The zero-order valence-electron chi connectivity index (χ0n) is 17.2. The molecule has 0 saturated carbocycles. The number of allylic oxidation sites excluding steroid dienone is 1. The summed E-state index contributed by atoms with van der Waals surface area (Å²) in [6.45, 7) is 4.93. The monoisotopic (exact) mass is 416 g/mol. The van der Waals surface area contributed by atoms with Gasteiger partial charge in [-0.1, -0.05) is 18.2 Å². The summed E-state index contributed by atoms with van der Waals surface area (Å²) >= 11 is 0. The number of rotatable bonds is 6. The van der Waals surface area contributed by atoms with Crippen LogP contribution in [0, 0.1) is 0 Å². The van der Waals surface area contributed by atoms with E-state index in [1.807, 2.05) is 0 Å². The number of hydrogen-bond donors (Lipinski definition) is 2. The van der Waals surface area contributed by atoms with Crippen LogP contribution in [0.2, 0.25) is 0 Å². The molecule has 0 bridgehead atoms. The van der Waals surface area contributed by atoms with Crippen molar-refractivity contribution in [3.63, 3.8) is 0 Å². The van der Waals surface area contributed by atoms with E-state index in [1.165, 1.54) is 14.0 Å². The fourth-order valence-corrected chi connectivity index (χ4v) is 3.71. The lowest BCUT2D eigenvalue weighted by molar-refractivity contribution is -0.146. The highest BCUT2D eigenvalue weighted by molar-refractivity contribution is 6.21. The van der Waals surface area contributed by atoms with Crippen molar-refractivity contribution in [2.24, 2.45) is 5.73 Å².